The molecule has 2 aliphatic carbocycles. The lowest BCUT2D eigenvalue weighted by molar-refractivity contribution is -0.170. The van der Waals surface area contributed by atoms with Crippen LogP contribution in [0.2, 0.25) is 0 Å². The molecule has 0 heterocycles. The van der Waals surface area contributed by atoms with Crippen molar-refractivity contribution in [2.45, 2.75) is 18.4 Å². The molecule has 7 nitrogen and oxygen atoms in total. The van der Waals surface area contributed by atoms with Crippen LogP contribution in [-0.2, 0) is 14.4 Å². The minimum atomic E-state index is -2.74. The topological polar surface area (TPSA) is 132 Å². The zero-order chi connectivity index (χ0) is 17.5. The number of aliphatic carboxylic acids is 3. The lowest BCUT2D eigenvalue weighted by Gasteiger charge is -2.18. The minimum Gasteiger partial charge on any atom is -0.481 e. The fourth-order valence-electron chi connectivity index (χ4n) is 1.85. The van der Waals surface area contributed by atoms with Gasteiger partial charge in [0, 0.05) is 0 Å². The molecule has 0 unspecified atom stereocenters. The van der Waals surface area contributed by atoms with Gasteiger partial charge in [0.1, 0.15) is 0 Å². The molecule has 122 valence electrons. The first-order chi connectivity index (χ1) is 10.7. The fourth-order valence-corrected chi connectivity index (χ4v) is 1.85. The van der Waals surface area contributed by atoms with Gasteiger partial charge in [0.15, 0.2) is 5.60 Å². The largest absolute Gasteiger partial charge is 0.481 e. The van der Waals surface area contributed by atoms with Crippen molar-refractivity contribution in [2.24, 2.45) is 0 Å². The highest BCUT2D eigenvalue weighted by Crippen LogP contribution is 2.20. The molecule has 0 radical (unpaired) electrons. The molecule has 0 aromatic heterocycles. The number of fused-ring (bicyclic) bond motifs is 1. The predicted molar refractivity (Wildman–Crippen MR) is 80.2 cm³/mol. The molecular weight excluding hydrogens is 304 g/mol. The number of hydrogen-bond donors (Lipinski definition) is 4. The fraction of sp³-hybridized carbons (Fsp3) is 0.188. The van der Waals surface area contributed by atoms with Crippen LogP contribution < -0.4 is 0 Å². The molecule has 0 fully saturated rings. The Hall–Kier alpha value is -2.93. The Morgan fingerprint density at radius 3 is 1.48 bits per heavy atom. The van der Waals surface area contributed by atoms with Crippen molar-refractivity contribution < 1.29 is 34.8 Å². The van der Waals surface area contributed by atoms with Gasteiger partial charge >= 0.3 is 17.9 Å². The van der Waals surface area contributed by atoms with Crippen molar-refractivity contribution in [1.82, 2.24) is 0 Å². The molecule has 0 bridgehead atoms. The quantitative estimate of drug-likeness (QED) is 0.657. The summed E-state index contributed by atoms with van der Waals surface area (Å²) < 4.78 is 0. The van der Waals surface area contributed by atoms with Gasteiger partial charge in [0.2, 0.25) is 0 Å². The summed E-state index contributed by atoms with van der Waals surface area (Å²) in [7, 11) is 0. The summed E-state index contributed by atoms with van der Waals surface area (Å²) in [6.45, 7) is 0. The average Bonchev–Trinajstić information content (AvgIpc) is 2.74. The number of rotatable bonds is 5. The lowest BCUT2D eigenvalue weighted by atomic mass is 9.96. The normalized spacial score (nSPS) is 10.5. The van der Waals surface area contributed by atoms with E-state index in [1.807, 2.05) is 6.07 Å². The lowest BCUT2D eigenvalue weighted by Crippen LogP contribution is -2.42. The van der Waals surface area contributed by atoms with E-state index in [0.717, 1.165) is 0 Å². The second kappa shape index (κ2) is 7.90. The zero-order valence-electron chi connectivity index (χ0n) is 12.0. The van der Waals surface area contributed by atoms with Gasteiger partial charge in [-0.1, -0.05) is 48.5 Å². The highest BCUT2D eigenvalue weighted by Gasteiger charge is 2.40. The van der Waals surface area contributed by atoms with E-state index in [4.69, 9.17) is 20.4 Å². The van der Waals surface area contributed by atoms with E-state index in [1.165, 1.54) is 11.1 Å². The first-order valence-electron chi connectivity index (χ1n) is 6.58. The summed E-state index contributed by atoms with van der Waals surface area (Å²) in [6, 6.07) is 16.7. The van der Waals surface area contributed by atoms with Crippen LogP contribution >= 0.6 is 0 Å². The monoisotopic (exact) mass is 320 g/mol. The van der Waals surface area contributed by atoms with Crippen molar-refractivity contribution in [1.29, 1.82) is 0 Å². The van der Waals surface area contributed by atoms with Crippen LogP contribution in [0, 0.1) is 0 Å². The summed E-state index contributed by atoms with van der Waals surface area (Å²) in [4.78, 5) is 30.5. The number of aliphatic hydroxyl groups is 1. The van der Waals surface area contributed by atoms with Gasteiger partial charge in [-0.3, -0.25) is 9.59 Å². The van der Waals surface area contributed by atoms with Crippen LogP contribution in [0.1, 0.15) is 12.8 Å². The first-order valence-corrected chi connectivity index (χ1v) is 6.58. The van der Waals surface area contributed by atoms with Gasteiger partial charge in [0.05, 0.1) is 12.8 Å². The Balaban J connectivity index is 0.000000235. The van der Waals surface area contributed by atoms with Crippen molar-refractivity contribution in [3.05, 3.63) is 48.5 Å². The van der Waals surface area contributed by atoms with Crippen LogP contribution in [0.5, 0.6) is 0 Å². The Morgan fingerprint density at radius 1 is 0.739 bits per heavy atom. The maximum absolute atomic E-state index is 10.3. The van der Waals surface area contributed by atoms with Crippen molar-refractivity contribution in [3.8, 4) is 11.1 Å². The third-order valence-corrected chi connectivity index (χ3v) is 2.94. The van der Waals surface area contributed by atoms with Gasteiger partial charge in [-0.2, -0.15) is 0 Å². The second-order valence-corrected chi connectivity index (χ2v) is 4.82. The third kappa shape index (κ3) is 5.76. The number of carbonyl (C=O) groups is 3. The Morgan fingerprint density at radius 2 is 1.13 bits per heavy atom. The SMILES string of the molecule is O=C(O)CC(O)(CC(=O)O)C(=O)O.c1ccc2cccc-2cc1. The van der Waals surface area contributed by atoms with E-state index in [0.29, 0.717) is 0 Å². The molecule has 4 N–H and O–H groups in total. The third-order valence-electron chi connectivity index (χ3n) is 2.94. The molecule has 0 saturated heterocycles. The predicted octanol–water partition coefficient (Wildman–Crippen LogP) is 1.54. The molecule has 2 rings (SSSR count). The molecule has 0 aromatic rings. The van der Waals surface area contributed by atoms with E-state index in [9.17, 15) is 14.4 Å². The molecule has 0 atom stereocenters. The van der Waals surface area contributed by atoms with Crippen LogP contribution in [-0.4, -0.2) is 43.9 Å². The molecule has 0 aromatic carbocycles. The smallest absolute Gasteiger partial charge is 0.336 e. The average molecular weight is 320 g/mol. The highest BCUT2D eigenvalue weighted by molar-refractivity contribution is 5.88. The molecule has 0 saturated carbocycles. The second-order valence-electron chi connectivity index (χ2n) is 4.82. The van der Waals surface area contributed by atoms with Crippen LogP contribution in [0.25, 0.3) is 11.1 Å². The summed E-state index contributed by atoms with van der Waals surface area (Å²) in [5, 5.41) is 33.8. The maximum atomic E-state index is 10.3. The van der Waals surface area contributed by atoms with Crippen molar-refractivity contribution >= 4 is 17.9 Å². The van der Waals surface area contributed by atoms with Crippen molar-refractivity contribution in [2.75, 3.05) is 0 Å². The van der Waals surface area contributed by atoms with Gasteiger partial charge in [-0.25, -0.2) is 4.79 Å². The summed E-state index contributed by atoms with van der Waals surface area (Å²) in [5.41, 5.74) is -0.118. The molecule has 0 aliphatic heterocycles. The van der Waals surface area contributed by atoms with E-state index in [1.54, 1.807) is 0 Å². The zero-order valence-corrected chi connectivity index (χ0v) is 12.0. The van der Waals surface area contributed by atoms with E-state index < -0.39 is 36.4 Å². The number of carboxylic acids is 3. The number of carboxylic acid groups (broad SMARTS) is 3. The summed E-state index contributed by atoms with van der Waals surface area (Å²) in [5.74, 6) is -5.02. The number of hydrogen-bond acceptors (Lipinski definition) is 4. The van der Waals surface area contributed by atoms with Crippen LogP contribution in [0.15, 0.2) is 48.5 Å². The Kier molecular flexibility index (Phi) is 6.23. The molecular formula is C16H16O7. The van der Waals surface area contributed by atoms with Crippen LogP contribution in [0.4, 0.5) is 0 Å². The van der Waals surface area contributed by atoms with Gasteiger partial charge in [-0.05, 0) is 11.1 Å². The van der Waals surface area contributed by atoms with E-state index in [2.05, 4.69) is 42.5 Å². The summed E-state index contributed by atoms with van der Waals surface area (Å²) >= 11 is 0. The molecule has 0 amide bonds. The van der Waals surface area contributed by atoms with E-state index in [-0.39, 0.29) is 0 Å². The van der Waals surface area contributed by atoms with Crippen LogP contribution in [0.3, 0.4) is 0 Å². The molecule has 7 heteroatoms. The van der Waals surface area contributed by atoms with Gasteiger partial charge in [0.25, 0.3) is 0 Å². The first kappa shape index (κ1) is 18.1. The Labute approximate surface area is 131 Å². The molecule has 23 heavy (non-hydrogen) atoms. The highest BCUT2D eigenvalue weighted by atomic mass is 16.4. The van der Waals surface area contributed by atoms with E-state index >= 15 is 0 Å². The van der Waals surface area contributed by atoms with Gasteiger partial charge in [-0.15, -0.1) is 0 Å². The van der Waals surface area contributed by atoms with Crippen molar-refractivity contribution in [3.63, 3.8) is 0 Å². The minimum absolute atomic E-state index is 1.14. The van der Waals surface area contributed by atoms with Gasteiger partial charge < -0.3 is 20.4 Å². The standard InChI is InChI=1S/C10H8.C6H8O7/c1-2-5-9-7-4-8-10(9)6-3-1;7-3(8)1-6(13,5(11)12)2-4(9)10/h1-8H;13H,1-2H2,(H,7,8)(H,9,10)(H,11,12). The Bertz CT molecular complexity index is 621. The molecule has 2 aliphatic rings. The maximum Gasteiger partial charge on any atom is 0.336 e. The summed E-state index contributed by atoms with van der Waals surface area (Å²) in [6.07, 6.45) is -2.29. The molecule has 0 spiro atoms.